The van der Waals surface area contributed by atoms with Gasteiger partial charge in [-0.1, -0.05) is 30.3 Å². The van der Waals surface area contributed by atoms with E-state index in [0.717, 1.165) is 29.9 Å². The van der Waals surface area contributed by atoms with E-state index in [1.165, 1.54) is 11.1 Å². The third kappa shape index (κ3) is 2.49. The molecule has 0 saturated heterocycles. The molecule has 3 nitrogen and oxygen atoms in total. The van der Waals surface area contributed by atoms with Gasteiger partial charge in [-0.25, -0.2) is 0 Å². The summed E-state index contributed by atoms with van der Waals surface area (Å²) < 4.78 is 10.7. The van der Waals surface area contributed by atoms with Gasteiger partial charge in [0.25, 0.3) is 0 Å². The first kappa shape index (κ1) is 14.0. The number of fused-ring (bicyclic) bond motifs is 1. The van der Waals surface area contributed by atoms with Crippen LogP contribution in [0.25, 0.3) is 0 Å². The summed E-state index contributed by atoms with van der Waals surface area (Å²) in [5.41, 5.74) is 10.4. The Bertz CT molecular complexity index is 639. The maximum Gasteiger partial charge on any atom is 0.161 e. The lowest BCUT2D eigenvalue weighted by Gasteiger charge is -2.22. The molecular formula is C18H21NO2. The molecule has 0 aromatic heterocycles. The topological polar surface area (TPSA) is 44.5 Å². The van der Waals surface area contributed by atoms with E-state index in [1.807, 2.05) is 18.2 Å². The summed E-state index contributed by atoms with van der Waals surface area (Å²) in [5.74, 6) is 1.84. The molecule has 3 rings (SSSR count). The highest BCUT2D eigenvalue weighted by Crippen LogP contribution is 2.41. The summed E-state index contributed by atoms with van der Waals surface area (Å²) in [4.78, 5) is 0. The van der Waals surface area contributed by atoms with Gasteiger partial charge in [0.15, 0.2) is 11.5 Å². The fraction of sp³-hybridized carbons (Fsp3) is 0.333. The third-order valence-electron chi connectivity index (χ3n) is 4.41. The van der Waals surface area contributed by atoms with Crippen LogP contribution in [0.1, 0.15) is 35.1 Å². The van der Waals surface area contributed by atoms with Crippen LogP contribution in [0.2, 0.25) is 0 Å². The number of methoxy groups -OCH3 is 2. The Morgan fingerprint density at radius 2 is 1.81 bits per heavy atom. The molecule has 0 heterocycles. The van der Waals surface area contributed by atoms with Gasteiger partial charge in [0.05, 0.1) is 14.2 Å². The fourth-order valence-corrected chi connectivity index (χ4v) is 3.26. The number of nitrogens with two attached hydrogens (primary N) is 1. The molecule has 2 aromatic rings. The Labute approximate surface area is 125 Å². The summed E-state index contributed by atoms with van der Waals surface area (Å²) in [7, 11) is 3.29. The van der Waals surface area contributed by atoms with Gasteiger partial charge in [0.1, 0.15) is 0 Å². The quantitative estimate of drug-likeness (QED) is 0.935. The molecule has 0 bridgehead atoms. The Morgan fingerprint density at radius 3 is 2.57 bits per heavy atom. The number of ether oxygens (including phenoxy) is 2. The maximum absolute atomic E-state index is 6.53. The largest absolute Gasteiger partial charge is 0.493 e. The molecule has 2 N–H and O–H groups in total. The SMILES string of the molecule is COc1ccc(C(N)C2CCc3ccccc32)cc1OC. The molecule has 21 heavy (non-hydrogen) atoms. The molecule has 0 spiro atoms. The van der Waals surface area contributed by atoms with E-state index in [-0.39, 0.29) is 6.04 Å². The maximum atomic E-state index is 6.53. The first-order valence-corrected chi connectivity index (χ1v) is 7.30. The lowest BCUT2D eigenvalue weighted by molar-refractivity contribution is 0.354. The van der Waals surface area contributed by atoms with Crippen molar-refractivity contribution in [2.45, 2.75) is 24.8 Å². The molecular weight excluding hydrogens is 262 g/mol. The minimum atomic E-state index is -0.0199. The van der Waals surface area contributed by atoms with E-state index in [9.17, 15) is 0 Å². The van der Waals surface area contributed by atoms with Crippen molar-refractivity contribution in [3.05, 3.63) is 59.2 Å². The van der Waals surface area contributed by atoms with E-state index >= 15 is 0 Å². The van der Waals surface area contributed by atoms with Crippen molar-refractivity contribution < 1.29 is 9.47 Å². The van der Waals surface area contributed by atoms with Crippen LogP contribution >= 0.6 is 0 Å². The van der Waals surface area contributed by atoms with Crippen LogP contribution in [-0.2, 0) is 6.42 Å². The summed E-state index contributed by atoms with van der Waals surface area (Å²) >= 11 is 0. The Kier molecular flexibility index (Phi) is 3.84. The first-order valence-electron chi connectivity index (χ1n) is 7.30. The molecule has 1 aliphatic rings. The standard InChI is InChI=1S/C18H21NO2/c1-20-16-10-8-13(11-17(16)21-2)18(19)15-9-7-12-5-3-4-6-14(12)15/h3-6,8,10-11,15,18H,7,9,19H2,1-2H3. The van der Waals surface area contributed by atoms with Gasteiger partial charge in [-0.05, 0) is 41.7 Å². The van der Waals surface area contributed by atoms with Crippen LogP contribution in [0.15, 0.2) is 42.5 Å². The second-order valence-corrected chi connectivity index (χ2v) is 5.48. The van der Waals surface area contributed by atoms with Crippen LogP contribution in [0, 0.1) is 0 Å². The van der Waals surface area contributed by atoms with Crippen molar-refractivity contribution in [2.24, 2.45) is 5.73 Å². The minimum Gasteiger partial charge on any atom is -0.493 e. The predicted octanol–water partition coefficient (Wildman–Crippen LogP) is 3.43. The smallest absolute Gasteiger partial charge is 0.161 e. The lowest BCUT2D eigenvalue weighted by Crippen LogP contribution is -2.18. The molecule has 110 valence electrons. The Hall–Kier alpha value is -2.00. The second-order valence-electron chi connectivity index (χ2n) is 5.48. The first-order chi connectivity index (χ1) is 10.2. The second kappa shape index (κ2) is 5.78. The average molecular weight is 283 g/mol. The molecule has 2 atom stereocenters. The lowest BCUT2D eigenvalue weighted by atomic mass is 9.89. The fourth-order valence-electron chi connectivity index (χ4n) is 3.26. The van der Waals surface area contributed by atoms with Gasteiger partial charge in [-0.15, -0.1) is 0 Å². The zero-order chi connectivity index (χ0) is 14.8. The van der Waals surface area contributed by atoms with Crippen molar-refractivity contribution in [3.63, 3.8) is 0 Å². The highest BCUT2D eigenvalue weighted by atomic mass is 16.5. The summed E-state index contributed by atoms with van der Waals surface area (Å²) in [6.07, 6.45) is 2.22. The number of hydrogen-bond donors (Lipinski definition) is 1. The average Bonchev–Trinajstić information content (AvgIpc) is 2.97. The van der Waals surface area contributed by atoms with Gasteiger partial charge in [-0.2, -0.15) is 0 Å². The molecule has 1 aliphatic carbocycles. The van der Waals surface area contributed by atoms with Crippen molar-refractivity contribution in [2.75, 3.05) is 14.2 Å². The monoisotopic (exact) mass is 283 g/mol. The molecule has 0 amide bonds. The number of aryl methyl sites for hydroxylation is 1. The highest BCUT2D eigenvalue weighted by Gasteiger charge is 2.28. The van der Waals surface area contributed by atoms with E-state index in [1.54, 1.807) is 14.2 Å². The molecule has 0 aliphatic heterocycles. The molecule has 0 radical (unpaired) electrons. The summed E-state index contributed by atoms with van der Waals surface area (Å²) in [5, 5.41) is 0. The normalized spacial score (nSPS) is 18.1. The Balaban J connectivity index is 1.91. The van der Waals surface area contributed by atoms with Crippen LogP contribution in [0.3, 0.4) is 0 Å². The molecule has 0 saturated carbocycles. The van der Waals surface area contributed by atoms with Crippen LogP contribution in [0.5, 0.6) is 11.5 Å². The van der Waals surface area contributed by atoms with Crippen LogP contribution in [0.4, 0.5) is 0 Å². The zero-order valence-electron chi connectivity index (χ0n) is 12.5. The van der Waals surface area contributed by atoms with Gasteiger partial charge >= 0.3 is 0 Å². The minimum absolute atomic E-state index is 0.0199. The van der Waals surface area contributed by atoms with E-state index in [0.29, 0.717) is 5.92 Å². The van der Waals surface area contributed by atoms with Crippen molar-refractivity contribution in [1.82, 2.24) is 0 Å². The Morgan fingerprint density at radius 1 is 1.05 bits per heavy atom. The molecule has 2 aromatic carbocycles. The van der Waals surface area contributed by atoms with E-state index in [2.05, 4.69) is 24.3 Å². The van der Waals surface area contributed by atoms with Crippen molar-refractivity contribution >= 4 is 0 Å². The van der Waals surface area contributed by atoms with E-state index in [4.69, 9.17) is 15.2 Å². The number of rotatable bonds is 4. The van der Waals surface area contributed by atoms with Gasteiger partial charge in [0.2, 0.25) is 0 Å². The number of hydrogen-bond acceptors (Lipinski definition) is 3. The molecule has 3 heteroatoms. The van der Waals surface area contributed by atoms with Crippen molar-refractivity contribution in [3.8, 4) is 11.5 Å². The number of benzene rings is 2. The van der Waals surface area contributed by atoms with Gasteiger partial charge < -0.3 is 15.2 Å². The molecule has 0 fully saturated rings. The van der Waals surface area contributed by atoms with Crippen molar-refractivity contribution in [1.29, 1.82) is 0 Å². The van der Waals surface area contributed by atoms with Crippen LogP contribution in [-0.4, -0.2) is 14.2 Å². The van der Waals surface area contributed by atoms with E-state index < -0.39 is 0 Å². The summed E-state index contributed by atoms with van der Waals surface area (Å²) in [6.45, 7) is 0. The van der Waals surface area contributed by atoms with Crippen LogP contribution < -0.4 is 15.2 Å². The predicted molar refractivity (Wildman–Crippen MR) is 84.0 cm³/mol. The van der Waals surface area contributed by atoms with Gasteiger partial charge in [-0.3, -0.25) is 0 Å². The third-order valence-corrected chi connectivity index (χ3v) is 4.41. The molecule has 2 unspecified atom stereocenters. The zero-order valence-corrected chi connectivity index (χ0v) is 12.5. The van der Waals surface area contributed by atoms with Gasteiger partial charge in [0, 0.05) is 12.0 Å². The summed E-state index contributed by atoms with van der Waals surface area (Å²) in [6, 6.07) is 14.5. The highest BCUT2D eigenvalue weighted by molar-refractivity contribution is 5.45.